The third-order valence-electron chi connectivity index (χ3n) is 3.91. The lowest BCUT2D eigenvalue weighted by Crippen LogP contribution is -2.45. The summed E-state index contributed by atoms with van der Waals surface area (Å²) in [7, 11) is 0. The normalized spacial score (nSPS) is 32.3. The second-order valence-electron chi connectivity index (χ2n) is 5.48. The van der Waals surface area contributed by atoms with Crippen molar-refractivity contribution in [2.75, 3.05) is 19.6 Å². The molecule has 0 aromatic heterocycles. The zero-order valence-electron chi connectivity index (χ0n) is 10.2. The Labute approximate surface area is 104 Å². The summed E-state index contributed by atoms with van der Waals surface area (Å²) >= 11 is 0. The van der Waals surface area contributed by atoms with Crippen LogP contribution < -0.4 is 10.6 Å². The molecule has 2 rings (SSSR count). The molecule has 2 N–H and O–H groups in total. The van der Waals surface area contributed by atoms with Gasteiger partial charge in [0, 0.05) is 13.1 Å². The molecule has 2 aliphatic rings. The molecule has 0 aromatic rings. The highest BCUT2D eigenvalue weighted by atomic mass is 35.5. The van der Waals surface area contributed by atoms with Crippen molar-refractivity contribution in [2.45, 2.75) is 33.1 Å². The third kappa shape index (κ3) is 2.35. The van der Waals surface area contributed by atoms with Crippen molar-refractivity contribution >= 4 is 18.3 Å². The fourth-order valence-corrected chi connectivity index (χ4v) is 3.00. The summed E-state index contributed by atoms with van der Waals surface area (Å²) in [5.41, 5.74) is -0.0606. The third-order valence-corrected chi connectivity index (χ3v) is 3.91. The molecule has 1 saturated heterocycles. The van der Waals surface area contributed by atoms with Gasteiger partial charge in [0.05, 0.1) is 5.41 Å². The average Bonchev–Trinajstić information content (AvgIpc) is 2.72. The van der Waals surface area contributed by atoms with E-state index in [0.29, 0.717) is 17.7 Å². The van der Waals surface area contributed by atoms with Gasteiger partial charge >= 0.3 is 0 Å². The number of nitrogens with one attached hydrogen (secondary N) is 2. The van der Waals surface area contributed by atoms with E-state index in [4.69, 9.17) is 0 Å². The van der Waals surface area contributed by atoms with Crippen LogP contribution in [0.2, 0.25) is 0 Å². The number of carbonyl (C=O) groups is 1. The highest BCUT2D eigenvalue weighted by molar-refractivity contribution is 5.85. The van der Waals surface area contributed by atoms with Crippen LogP contribution in [0.5, 0.6) is 0 Å². The number of amides is 1. The summed E-state index contributed by atoms with van der Waals surface area (Å²) in [6.07, 6.45) is 3.53. The monoisotopic (exact) mass is 246 g/mol. The summed E-state index contributed by atoms with van der Waals surface area (Å²) in [6.45, 7) is 7.01. The predicted molar refractivity (Wildman–Crippen MR) is 67.7 cm³/mol. The van der Waals surface area contributed by atoms with Crippen LogP contribution in [0.1, 0.15) is 33.1 Å². The fraction of sp³-hybridized carbons (Fsp3) is 0.917. The first kappa shape index (κ1) is 13.8. The largest absolute Gasteiger partial charge is 0.355 e. The standard InChI is InChI=1S/C12H22N2O.ClH/c1-9(2)6-14-11(15)12-5-3-4-10(12)7-13-8-12;/h9-10,13H,3-8H2,1-2H3,(H,14,15);1H/t10-,12-;/m1./s1. The molecule has 1 amide bonds. The Hall–Kier alpha value is -0.280. The molecule has 1 aliphatic heterocycles. The van der Waals surface area contributed by atoms with E-state index in [1.165, 1.54) is 12.8 Å². The average molecular weight is 247 g/mol. The summed E-state index contributed by atoms with van der Waals surface area (Å²) < 4.78 is 0. The lowest BCUT2D eigenvalue weighted by molar-refractivity contribution is -0.131. The first-order valence-electron chi connectivity index (χ1n) is 6.14. The Bertz CT molecular complexity index is 245. The van der Waals surface area contributed by atoms with Gasteiger partial charge < -0.3 is 10.6 Å². The van der Waals surface area contributed by atoms with Crippen LogP contribution in [-0.4, -0.2) is 25.5 Å². The second-order valence-corrected chi connectivity index (χ2v) is 5.48. The molecule has 2 atom stereocenters. The molecule has 1 heterocycles. The zero-order valence-corrected chi connectivity index (χ0v) is 11.0. The van der Waals surface area contributed by atoms with Crippen LogP contribution in [0.3, 0.4) is 0 Å². The van der Waals surface area contributed by atoms with Crippen LogP contribution >= 0.6 is 12.4 Å². The highest BCUT2D eigenvalue weighted by Gasteiger charge is 2.51. The van der Waals surface area contributed by atoms with Crippen LogP contribution in [-0.2, 0) is 4.79 Å². The van der Waals surface area contributed by atoms with E-state index in [1.807, 2.05) is 0 Å². The summed E-state index contributed by atoms with van der Waals surface area (Å²) in [5, 5.41) is 6.48. The SMILES string of the molecule is CC(C)CNC(=O)[C@@]12CCC[C@@H]1CNC2.Cl. The number of hydrogen-bond donors (Lipinski definition) is 2. The fourth-order valence-electron chi connectivity index (χ4n) is 3.00. The van der Waals surface area contributed by atoms with E-state index in [1.54, 1.807) is 0 Å². The number of fused-ring (bicyclic) bond motifs is 1. The molecule has 0 aromatic carbocycles. The smallest absolute Gasteiger partial charge is 0.227 e. The molecular weight excluding hydrogens is 224 g/mol. The lowest BCUT2D eigenvalue weighted by Gasteiger charge is -2.27. The first-order chi connectivity index (χ1) is 7.15. The minimum Gasteiger partial charge on any atom is -0.355 e. The summed E-state index contributed by atoms with van der Waals surface area (Å²) in [5.74, 6) is 1.42. The van der Waals surface area contributed by atoms with Crippen molar-refractivity contribution in [2.24, 2.45) is 17.3 Å². The van der Waals surface area contributed by atoms with E-state index >= 15 is 0 Å². The molecule has 0 unspecified atom stereocenters. The van der Waals surface area contributed by atoms with Crippen molar-refractivity contribution < 1.29 is 4.79 Å². The highest BCUT2D eigenvalue weighted by Crippen LogP contribution is 2.45. The Balaban J connectivity index is 0.00000128. The molecule has 1 aliphatic carbocycles. The maximum Gasteiger partial charge on any atom is 0.227 e. The van der Waals surface area contributed by atoms with Gasteiger partial charge in [-0.2, -0.15) is 0 Å². The van der Waals surface area contributed by atoms with E-state index in [-0.39, 0.29) is 17.8 Å². The molecule has 0 bridgehead atoms. The molecule has 0 radical (unpaired) electrons. The van der Waals surface area contributed by atoms with Gasteiger partial charge in [-0.05, 0) is 31.2 Å². The van der Waals surface area contributed by atoms with Crippen LogP contribution in [0.15, 0.2) is 0 Å². The van der Waals surface area contributed by atoms with Gasteiger partial charge in [0.2, 0.25) is 5.91 Å². The minimum atomic E-state index is -0.0606. The van der Waals surface area contributed by atoms with Crippen LogP contribution in [0.25, 0.3) is 0 Å². The Morgan fingerprint density at radius 1 is 1.56 bits per heavy atom. The number of halogens is 1. The maximum absolute atomic E-state index is 12.2. The molecule has 94 valence electrons. The van der Waals surface area contributed by atoms with Crippen molar-refractivity contribution in [1.82, 2.24) is 10.6 Å². The zero-order chi connectivity index (χ0) is 10.9. The predicted octanol–water partition coefficient (Wildman–Crippen LogP) is 1.57. The summed E-state index contributed by atoms with van der Waals surface area (Å²) in [6, 6.07) is 0. The van der Waals surface area contributed by atoms with Crippen molar-refractivity contribution in [3.63, 3.8) is 0 Å². The Kier molecular flexibility index (Phi) is 4.62. The van der Waals surface area contributed by atoms with E-state index in [0.717, 1.165) is 26.1 Å². The van der Waals surface area contributed by atoms with Gasteiger partial charge in [-0.3, -0.25) is 4.79 Å². The number of hydrogen-bond acceptors (Lipinski definition) is 2. The molecule has 16 heavy (non-hydrogen) atoms. The molecule has 4 heteroatoms. The van der Waals surface area contributed by atoms with Crippen LogP contribution in [0.4, 0.5) is 0 Å². The molecule has 1 saturated carbocycles. The molecule has 3 nitrogen and oxygen atoms in total. The van der Waals surface area contributed by atoms with Gasteiger partial charge in [0.25, 0.3) is 0 Å². The maximum atomic E-state index is 12.2. The van der Waals surface area contributed by atoms with E-state index in [9.17, 15) is 4.79 Å². The quantitative estimate of drug-likeness (QED) is 0.794. The minimum absolute atomic E-state index is 0. The molecule has 2 fully saturated rings. The van der Waals surface area contributed by atoms with Crippen molar-refractivity contribution in [1.29, 1.82) is 0 Å². The topological polar surface area (TPSA) is 41.1 Å². The summed E-state index contributed by atoms with van der Waals surface area (Å²) in [4.78, 5) is 12.2. The van der Waals surface area contributed by atoms with Gasteiger partial charge in [-0.1, -0.05) is 20.3 Å². The molecule has 0 spiro atoms. The van der Waals surface area contributed by atoms with Gasteiger partial charge in [0.1, 0.15) is 0 Å². The van der Waals surface area contributed by atoms with Crippen LogP contribution in [0, 0.1) is 17.3 Å². The number of rotatable bonds is 3. The second kappa shape index (κ2) is 5.37. The van der Waals surface area contributed by atoms with E-state index < -0.39 is 0 Å². The van der Waals surface area contributed by atoms with Gasteiger partial charge in [0.15, 0.2) is 0 Å². The van der Waals surface area contributed by atoms with Gasteiger partial charge in [-0.15, -0.1) is 12.4 Å². The molecular formula is C12H23ClN2O. The van der Waals surface area contributed by atoms with Crippen molar-refractivity contribution in [3.8, 4) is 0 Å². The Morgan fingerprint density at radius 3 is 3.00 bits per heavy atom. The first-order valence-corrected chi connectivity index (χ1v) is 6.14. The van der Waals surface area contributed by atoms with Crippen molar-refractivity contribution in [3.05, 3.63) is 0 Å². The van der Waals surface area contributed by atoms with E-state index in [2.05, 4.69) is 24.5 Å². The number of carbonyl (C=O) groups excluding carboxylic acids is 1. The Morgan fingerprint density at radius 2 is 2.31 bits per heavy atom. The lowest BCUT2D eigenvalue weighted by atomic mass is 9.80. The van der Waals surface area contributed by atoms with Gasteiger partial charge in [-0.25, -0.2) is 0 Å².